The van der Waals surface area contributed by atoms with Gasteiger partial charge >= 0.3 is 0 Å². The first-order valence-electron chi connectivity index (χ1n) is 5.78. The maximum Gasteiger partial charge on any atom is 0.242 e. The molecule has 0 spiro atoms. The summed E-state index contributed by atoms with van der Waals surface area (Å²) >= 11 is 0. The number of amides is 1. The molecule has 2 rings (SSSR count). The number of carbonyl (C=O) groups is 1. The van der Waals surface area contributed by atoms with E-state index in [1.54, 1.807) is 13.1 Å². The van der Waals surface area contributed by atoms with Gasteiger partial charge in [-0.15, -0.1) is 0 Å². The average molecular weight is 235 g/mol. The maximum atomic E-state index is 11.5. The molecule has 0 saturated carbocycles. The minimum atomic E-state index is -0.515. The number of rotatable bonds is 2. The number of nitrogens with one attached hydrogen (secondary N) is 1. The predicted molar refractivity (Wildman–Crippen MR) is 64.7 cm³/mol. The second-order valence-electron chi connectivity index (χ2n) is 4.29. The highest BCUT2D eigenvalue weighted by molar-refractivity contribution is 5.85. The molecule has 1 saturated heterocycles. The van der Waals surface area contributed by atoms with Crippen LogP contribution in [0.5, 0.6) is 0 Å². The van der Waals surface area contributed by atoms with Crippen molar-refractivity contribution in [2.24, 2.45) is 0 Å². The van der Waals surface area contributed by atoms with Crippen molar-refractivity contribution in [3.05, 3.63) is 23.9 Å². The Hall–Kier alpha value is -1.62. The largest absolute Gasteiger partial charge is 0.389 e. The number of carbonyl (C=O) groups excluding carboxylic acids is 1. The van der Waals surface area contributed by atoms with Gasteiger partial charge in [0.2, 0.25) is 5.91 Å². The van der Waals surface area contributed by atoms with E-state index in [9.17, 15) is 9.90 Å². The second kappa shape index (κ2) is 4.71. The normalized spacial score (nSPS) is 22.2. The van der Waals surface area contributed by atoms with Crippen molar-refractivity contribution in [2.45, 2.75) is 26.0 Å². The van der Waals surface area contributed by atoms with Gasteiger partial charge in [-0.05, 0) is 25.5 Å². The third kappa shape index (κ3) is 2.39. The molecule has 0 aliphatic carbocycles. The lowest BCUT2D eigenvalue weighted by Gasteiger charge is -2.33. The number of hydrogen-bond donors (Lipinski definition) is 2. The van der Waals surface area contributed by atoms with Crippen molar-refractivity contribution in [2.75, 3.05) is 18.0 Å². The predicted octanol–water partition coefficient (Wildman–Crippen LogP) is 0.460. The highest BCUT2D eigenvalue weighted by atomic mass is 16.3. The fourth-order valence-electron chi connectivity index (χ4n) is 1.91. The van der Waals surface area contributed by atoms with Crippen LogP contribution in [0, 0.1) is 0 Å². The van der Waals surface area contributed by atoms with Crippen LogP contribution in [-0.2, 0) is 4.79 Å². The second-order valence-corrected chi connectivity index (χ2v) is 4.29. The summed E-state index contributed by atoms with van der Waals surface area (Å²) < 4.78 is 0. The van der Waals surface area contributed by atoms with Gasteiger partial charge in [-0.2, -0.15) is 0 Å². The first-order valence-corrected chi connectivity index (χ1v) is 5.78. The Labute approximate surface area is 100 Å². The van der Waals surface area contributed by atoms with Crippen LogP contribution in [-0.4, -0.2) is 35.1 Å². The van der Waals surface area contributed by atoms with E-state index >= 15 is 0 Å². The van der Waals surface area contributed by atoms with Crippen LogP contribution < -0.4 is 10.2 Å². The van der Waals surface area contributed by atoms with Gasteiger partial charge in [0.15, 0.2) is 0 Å². The first-order chi connectivity index (χ1) is 8.09. The maximum absolute atomic E-state index is 11.5. The molecule has 0 radical (unpaired) electrons. The smallest absolute Gasteiger partial charge is 0.242 e. The van der Waals surface area contributed by atoms with Gasteiger partial charge in [0, 0.05) is 19.3 Å². The molecule has 0 aromatic carbocycles. The summed E-state index contributed by atoms with van der Waals surface area (Å²) in [6.45, 7) is 4.96. The summed E-state index contributed by atoms with van der Waals surface area (Å²) in [5.74, 6) is 0.800. The lowest BCUT2D eigenvalue weighted by Crippen LogP contribution is -2.54. The molecule has 2 heterocycles. The van der Waals surface area contributed by atoms with Gasteiger partial charge in [0.1, 0.15) is 11.9 Å². The SMILES string of the molecule is CC1C(=O)NCCN1c1ccc([C@@H](C)O)cn1. The molecular formula is C12H17N3O2. The minimum absolute atomic E-state index is 0.0256. The molecule has 1 amide bonds. The molecule has 2 N–H and O–H groups in total. The van der Waals surface area contributed by atoms with Crippen LogP contribution in [0.1, 0.15) is 25.5 Å². The number of nitrogens with zero attached hydrogens (tertiary/aromatic N) is 2. The molecular weight excluding hydrogens is 218 g/mol. The minimum Gasteiger partial charge on any atom is -0.389 e. The lowest BCUT2D eigenvalue weighted by molar-refractivity contribution is -0.122. The fraction of sp³-hybridized carbons (Fsp3) is 0.500. The van der Waals surface area contributed by atoms with Crippen LogP contribution in [0.4, 0.5) is 5.82 Å². The summed E-state index contributed by atoms with van der Waals surface area (Å²) in [7, 11) is 0. The zero-order valence-electron chi connectivity index (χ0n) is 10.1. The molecule has 1 aliphatic rings. The number of anilines is 1. The molecule has 1 unspecified atom stereocenters. The van der Waals surface area contributed by atoms with Crippen molar-refractivity contribution in [1.29, 1.82) is 0 Å². The quantitative estimate of drug-likeness (QED) is 0.781. The number of hydrogen-bond acceptors (Lipinski definition) is 4. The lowest BCUT2D eigenvalue weighted by atomic mass is 10.1. The van der Waals surface area contributed by atoms with Crippen molar-refractivity contribution in [1.82, 2.24) is 10.3 Å². The number of pyridine rings is 1. The summed E-state index contributed by atoms with van der Waals surface area (Å²) in [4.78, 5) is 17.8. The van der Waals surface area contributed by atoms with Gasteiger partial charge in [0.25, 0.3) is 0 Å². The third-order valence-electron chi connectivity index (χ3n) is 3.05. The molecule has 5 heteroatoms. The van der Waals surface area contributed by atoms with E-state index in [0.717, 1.165) is 17.9 Å². The van der Waals surface area contributed by atoms with E-state index < -0.39 is 6.10 Å². The average Bonchev–Trinajstić information content (AvgIpc) is 2.33. The van der Waals surface area contributed by atoms with E-state index in [4.69, 9.17) is 0 Å². The Kier molecular flexibility index (Phi) is 3.28. The van der Waals surface area contributed by atoms with Crippen molar-refractivity contribution < 1.29 is 9.90 Å². The van der Waals surface area contributed by atoms with Gasteiger partial charge in [0.05, 0.1) is 6.10 Å². The number of aliphatic hydroxyl groups excluding tert-OH is 1. The summed E-state index contributed by atoms with van der Waals surface area (Å²) in [5, 5.41) is 12.2. The van der Waals surface area contributed by atoms with Crippen LogP contribution in [0.2, 0.25) is 0 Å². The Morgan fingerprint density at radius 1 is 1.59 bits per heavy atom. The highest BCUT2D eigenvalue weighted by Crippen LogP contribution is 2.18. The third-order valence-corrected chi connectivity index (χ3v) is 3.05. The Bertz CT molecular complexity index is 403. The van der Waals surface area contributed by atoms with E-state index in [0.29, 0.717) is 6.54 Å². The Morgan fingerprint density at radius 3 is 2.94 bits per heavy atom. The molecule has 0 bridgehead atoms. The fourth-order valence-corrected chi connectivity index (χ4v) is 1.91. The summed E-state index contributed by atoms with van der Waals surface area (Å²) in [5.41, 5.74) is 0.780. The number of aromatic nitrogens is 1. The summed E-state index contributed by atoms with van der Waals surface area (Å²) in [6, 6.07) is 3.48. The first kappa shape index (κ1) is 11.9. The van der Waals surface area contributed by atoms with E-state index in [-0.39, 0.29) is 11.9 Å². The standard InChI is InChI=1S/C12H17N3O2/c1-8-12(17)13-5-6-15(8)11-4-3-10(7-14-11)9(2)16/h3-4,7-9,16H,5-6H2,1-2H3,(H,13,17)/t8?,9-/m1/s1. The highest BCUT2D eigenvalue weighted by Gasteiger charge is 2.26. The molecule has 1 aromatic heterocycles. The Balaban J connectivity index is 2.19. The van der Waals surface area contributed by atoms with Crippen molar-refractivity contribution >= 4 is 11.7 Å². The van der Waals surface area contributed by atoms with Crippen molar-refractivity contribution in [3.8, 4) is 0 Å². The zero-order valence-corrected chi connectivity index (χ0v) is 10.1. The van der Waals surface area contributed by atoms with Crippen LogP contribution >= 0.6 is 0 Å². The van der Waals surface area contributed by atoms with Gasteiger partial charge in [-0.25, -0.2) is 4.98 Å². The van der Waals surface area contributed by atoms with Crippen molar-refractivity contribution in [3.63, 3.8) is 0 Å². The van der Waals surface area contributed by atoms with E-state index in [1.807, 2.05) is 24.0 Å². The molecule has 1 fully saturated rings. The van der Waals surface area contributed by atoms with Crippen LogP contribution in [0.3, 0.4) is 0 Å². The monoisotopic (exact) mass is 235 g/mol. The van der Waals surface area contributed by atoms with E-state index in [2.05, 4.69) is 10.3 Å². The molecule has 92 valence electrons. The van der Waals surface area contributed by atoms with Crippen LogP contribution in [0.15, 0.2) is 18.3 Å². The number of piperazine rings is 1. The summed E-state index contributed by atoms with van der Waals surface area (Å²) in [6.07, 6.45) is 1.14. The van der Waals surface area contributed by atoms with Gasteiger partial charge in [-0.3, -0.25) is 4.79 Å². The number of aliphatic hydroxyl groups is 1. The molecule has 1 aromatic rings. The Morgan fingerprint density at radius 2 is 2.35 bits per heavy atom. The zero-order chi connectivity index (χ0) is 12.4. The molecule has 1 aliphatic heterocycles. The topological polar surface area (TPSA) is 65.5 Å². The van der Waals surface area contributed by atoms with Gasteiger partial charge in [-0.1, -0.05) is 6.07 Å². The van der Waals surface area contributed by atoms with Crippen LogP contribution in [0.25, 0.3) is 0 Å². The molecule has 5 nitrogen and oxygen atoms in total. The molecule has 2 atom stereocenters. The van der Waals surface area contributed by atoms with Gasteiger partial charge < -0.3 is 15.3 Å². The van der Waals surface area contributed by atoms with E-state index in [1.165, 1.54) is 0 Å². The molecule has 17 heavy (non-hydrogen) atoms.